The van der Waals surface area contributed by atoms with Crippen molar-refractivity contribution in [3.8, 4) is 0 Å². The lowest BCUT2D eigenvalue weighted by molar-refractivity contribution is -0.140. The van der Waals surface area contributed by atoms with Crippen LogP contribution in [0.2, 0.25) is 0 Å². The van der Waals surface area contributed by atoms with Crippen molar-refractivity contribution >= 4 is 33.4 Å². The molecule has 0 unspecified atom stereocenters. The zero-order valence-electron chi connectivity index (χ0n) is 15.9. The smallest absolute Gasteiger partial charge is 0.361 e. The molecule has 7 heteroatoms. The van der Waals surface area contributed by atoms with Crippen molar-refractivity contribution in [2.24, 2.45) is 0 Å². The average Bonchev–Trinajstić information content (AvgIpc) is 3.37. The molecule has 0 aliphatic heterocycles. The molecule has 2 nitrogen and oxygen atoms in total. The van der Waals surface area contributed by atoms with E-state index in [0.29, 0.717) is 11.1 Å². The Morgan fingerprint density at radius 2 is 1.19 bits per heavy atom. The number of halogens is 5. The van der Waals surface area contributed by atoms with Crippen LogP contribution in [0, 0.1) is 5.82 Å². The van der Waals surface area contributed by atoms with Crippen LogP contribution in [0.4, 0.5) is 17.6 Å². The van der Waals surface area contributed by atoms with Crippen molar-refractivity contribution in [1.82, 2.24) is 9.97 Å². The van der Waals surface area contributed by atoms with Gasteiger partial charge in [0.2, 0.25) is 0 Å². The van der Waals surface area contributed by atoms with Crippen LogP contribution in [-0.2, 0) is 11.1 Å². The van der Waals surface area contributed by atoms with Crippen LogP contribution in [0.25, 0.3) is 21.8 Å². The van der Waals surface area contributed by atoms with Gasteiger partial charge in [-0.3, -0.25) is 0 Å². The Morgan fingerprint density at radius 3 is 1.68 bits per heavy atom. The fourth-order valence-electron chi connectivity index (χ4n) is 4.13. The molecule has 2 aromatic heterocycles. The fourth-order valence-corrected chi connectivity index (χ4v) is 4.56. The standard InChI is InChI=1S/C24H15ClF4N2/c25-23(18-12-30-21-7-3-1-5-15(18)21,19-13-31-22-8-4-2-6-16(19)22)14-9-10-17(20(26)11-14)24(27,28)29/h1-13,30-31H. The first-order chi connectivity index (χ1) is 14.8. The third kappa shape index (κ3) is 3.01. The van der Waals surface area contributed by atoms with E-state index in [4.69, 9.17) is 11.6 Å². The van der Waals surface area contributed by atoms with Crippen LogP contribution < -0.4 is 0 Å². The maximum absolute atomic E-state index is 14.6. The Balaban J connectivity index is 1.83. The van der Waals surface area contributed by atoms with Gasteiger partial charge < -0.3 is 9.97 Å². The number of hydrogen-bond donors (Lipinski definition) is 2. The van der Waals surface area contributed by atoms with Gasteiger partial charge in [0.1, 0.15) is 10.7 Å². The molecule has 2 N–H and O–H groups in total. The molecule has 5 aromatic rings. The van der Waals surface area contributed by atoms with Crippen molar-refractivity contribution < 1.29 is 17.6 Å². The highest BCUT2D eigenvalue weighted by atomic mass is 35.5. The number of hydrogen-bond acceptors (Lipinski definition) is 0. The second-order valence-corrected chi connectivity index (χ2v) is 7.91. The molecule has 0 saturated heterocycles. The van der Waals surface area contributed by atoms with E-state index in [1.807, 2.05) is 48.5 Å². The van der Waals surface area contributed by atoms with Gasteiger partial charge in [-0.05, 0) is 29.8 Å². The Bertz CT molecular complexity index is 1340. The first-order valence-corrected chi connectivity index (χ1v) is 9.87. The van der Waals surface area contributed by atoms with Crippen molar-refractivity contribution in [2.45, 2.75) is 11.1 Å². The molecule has 3 aromatic carbocycles. The zero-order valence-corrected chi connectivity index (χ0v) is 16.7. The maximum atomic E-state index is 14.6. The molecule has 0 spiro atoms. The van der Waals surface area contributed by atoms with Gasteiger partial charge in [-0.15, -0.1) is 11.6 Å². The Morgan fingerprint density at radius 1 is 0.677 bits per heavy atom. The van der Waals surface area contributed by atoms with Crippen LogP contribution in [0.5, 0.6) is 0 Å². The molecule has 0 bridgehead atoms. The number of alkyl halides is 4. The van der Waals surface area contributed by atoms with E-state index in [1.54, 1.807) is 12.4 Å². The maximum Gasteiger partial charge on any atom is 0.419 e. The third-order valence-corrected chi connectivity index (χ3v) is 6.22. The Labute approximate surface area is 179 Å². The number of fused-ring (bicyclic) bond motifs is 2. The predicted molar refractivity (Wildman–Crippen MR) is 114 cm³/mol. The number of aromatic nitrogens is 2. The second kappa shape index (κ2) is 6.89. The minimum atomic E-state index is -4.79. The lowest BCUT2D eigenvalue weighted by Crippen LogP contribution is -2.23. The number of aromatic amines is 2. The number of H-pyrrole nitrogens is 2. The summed E-state index contributed by atoms with van der Waals surface area (Å²) in [5, 5.41) is 1.59. The van der Waals surface area contributed by atoms with Gasteiger partial charge >= 0.3 is 6.18 Å². The zero-order chi connectivity index (χ0) is 21.8. The van der Waals surface area contributed by atoms with Gasteiger partial charge in [0.25, 0.3) is 0 Å². The molecule has 0 aliphatic carbocycles. The lowest BCUT2D eigenvalue weighted by atomic mass is 9.83. The number of para-hydroxylation sites is 2. The van der Waals surface area contributed by atoms with E-state index < -0.39 is 22.4 Å². The Hall–Kier alpha value is -3.25. The largest absolute Gasteiger partial charge is 0.419 e. The van der Waals surface area contributed by atoms with E-state index in [-0.39, 0.29) is 5.56 Å². The quantitative estimate of drug-likeness (QED) is 0.216. The summed E-state index contributed by atoms with van der Waals surface area (Å²) in [5.41, 5.74) is 1.74. The number of benzene rings is 3. The molecule has 0 aliphatic rings. The summed E-state index contributed by atoms with van der Waals surface area (Å²) in [6.07, 6.45) is -1.36. The van der Waals surface area contributed by atoms with Crippen LogP contribution in [0.1, 0.15) is 22.3 Å². The van der Waals surface area contributed by atoms with Crippen molar-refractivity contribution in [1.29, 1.82) is 0 Å². The molecule has 0 atom stereocenters. The lowest BCUT2D eigenvalue weighted by Gasteiger charge is -2.28. The minimum Gasteiger partial charge on any atom is -0.361 e. The fraction of sp³-hybridized carbons (Fsp3) is 0.0833. The topological polar surface area (TPSA) is 31.6 Å². The van der Waals surface area contributed by atoms with Gasteiger partial charge in [0, 0.05) is 45.3 Å². The van der Waals surface area contributed by atoms with E-state index in [0.717, 1.165) is 33.9 Å². The normalized spacial score (nSPS) is 12.7. The SMILES string of the molecule is Fc1cc(C(Cl)(c2c[nH]c3ccccc23)c2c[nH]c3ccccc23)ccc1C(F)(F)F. The third-order valence-electron chi connectivity index (χ3n) is 5.59. The first kappa shape index (κ1) is 19.7. The van der Waals surface area contributed by atoms with Crippen LogP contribution in [-0.4, -0.2) is 9.97 Å². The van der Waals surface area contributed by atoms with E-state index in [2.05, 4.69) is 9.97 Å². The van der Waals surface area contributed by atoms with Gasteiger partial charge in [0.05, 0.1) is 5.56 Å². The van der Waals surface area contributed by atoms with E-state index in [9.17, 15) is 17.6 Å². The summed E-state index contributed by atoms with van der Waals surface area (Å²) in [4.78, 5) is 4.87. The highest BCUT2D eigenvalue weighted by molar-refractivity contribution is 6.30. The van der Waals surface area contributed by atoms with Gasteiger partial charge in [-0.1, -0.05) is 42.5 Å². The molecular formula is C24H15ClF4N2. The molecule has 0 fully saturated rings. The minimum absolute atomic E-state index is 0.203. The van der Waals surface area contributed by atoms with Gasteiger partial charge in [-0.2, -0.15) is 13.2 Å². The van der Waals surface area contributed by atoms with Gasteiger partial charge in [-0.25, -0.2) is 4.39 Å². The molecule has 0 amide bonds. The van der Waals surface area contributed by atoms with E-state index in [1.165, 1.54) is 6.07 Å². The van der Waals surface area contributed by atoms with E-state index >= 15 is 0 Å². The highest BCUT2D eigenvalue weighted by Gasteiger charge is 2.41. The molecule has 156 valence electrons. The molecule has 0 radical (unpaired) electrons. The summed E-state index contributed by atoms with van der Waals surface area (Å²) in [6.45, 7) is 0. The summed E-state index contributed by atoms with van der Waals surface area (Å²) >= 11 is 7.31. The van der Waals surface area contributed by atoms with Crippen molar-refractivity contribution in [3.05, 3.63) is 107 Å². The predicted octanol–water partition coefficient (Wildman–Crippen LogP) is 7.34. The molecule has 0 saturated carbocycles. The first-order valence-electron chi connectivity index (χ1n) is 9.49. The summed E-state index contributed by atoms with van der Waals surface area (Å²) < 4.78 is 54.1. The summed E-state index contributed by atoms with van der Waals surface area (Å²) in [7, 11) is 0. The molecule has 5 rings (SSSR count). The monoisotopic (exact) mass is 442 g/mol. The Kier molecular flexibility index (Phi) is 4.38. The van der Waals surface area contributed by atoms with Gasteiger partial charge in [0.15, 0.2) is 0 Å². The highest BCUT2D eigenvalue weighted by Crippen LogP contribution is 2.48. The average molecular weight is 443 g/mol. The second-order valence-electron chi connectivity index (χ2n) is 7.35. The molecule has 31 heavy (non-hydrogen) atoms. The van der Waals surface area contributed by atoms with Crippen molar-refractivity contribution in [2.75, 3.05) is 0 Å². The summed E-state index contributed by atoms with van der Waals surface area (Å²) in [6, 6.07) is 17.8. The van der Waals surface area contributed by atoms with Crippen LogP contribution in [0.15, 0.2) is 79.1 Å². The van der Waals surface area contributed by atoms with Crippen LogP contribution >= 0.6 is 11.6 Å². The summed E-state index contributed by atoms with van der Waals surface area (Å²) in [5.74, 6) is -1.37. The number of nitrogens with one attached hydrogen (secondary N) is 2. The van der Waals surface area contributed by atoms with Crippen molar-refractivity contribution in [3.63, 3.8) is 0 Å². The number of rotatable bonds is 3. The molecular weight excluding hydrogens is 428 g/mol. The van der Waals surface area contributed by atoms with Crippen LogP contribution in [0.3, 0.4) is 0 Å². The molecule has 2 heterocycles.